The first kappa shape index (κ1) is 25.4. The third kappa shape index (κ3) is 9.23. The zero-order chi connectivity index (χ0) is 22.7. The van der Waals surface area contributed by atoms with Gasteiger partial charge in [0.1, 0.15) is 17.8 Å². The van der Waals surface area contributed by atoms with E-state index in [9.17, 15) is 24.6 Å². The Balaban J connectivity index is 2.80. The third-order valence-corrected chi connectivity index (χ3v) is 4.64. The van der Waals surface area contributed by atoms with Crippen LogP contribution in [0.3, 0.4) is 0 Å². The molecule has 9 nitrogen and oxygen atoms in total. The monoisotopic (exact) mass is 422 g/mol. The van der Waals surface area contributed by atoms with E-state index in [1.807, 2.05) is 13.8 Å². The van der Waals surface area contributed by atoms with E-state index in [2.05, 4.69) is 10.6 Å². The van der Waals surface area contributed by atoms with Gasteiger partial charge in [0.25, 0.3) is 0 Å². The van der Waals surface area contributed by atoms with Crippen LogP contribution >= 0.6 is 0 Å². The van der Waals surface area contributed by atoms with Crippen molar-refractivity contribution in [2.45, 2.75) is 64.1 Å². The number of rotatable bonds is 13. The number of phenolic OH excluding ortho intramolecular Hbond substituents is 1. The fraction of sp³-hybridized carbons (Fsp3) is 0.571. The molecule has 2 amide bonds. The molecular weight excluding hydrogens is 388 g/mol. The highest BCUT2D eigenvalue weighted by atomic mass is 16.4. The van der Waals surface area contributed by atoms with Crippen molar-refractivity contribution < 1.29 is 24.6 Å². The average Bonchev–Trinajstić information content (AvgIpc) is 2.68. The number of nitrogens with one attached hydrogen (secondary N) is 2. The van der Waals surface area contributed by atoms with Crippen LogP contribution in [0.25, 0.3) is 0 Å². The number of nitrogens with two attached hydrogens (primary N) is 2. The highest BCUT2D eigenvalue weighted by molar-refractivity contribution is 5.91. The molecule has 0 aliphatic rings. The Morgan fingerprint density at radius 2 is 1.60 bits per heavy atom. The molecule has 0 aromatic heterocycles. The predicted molar refractivity (Wildman–Crippen MR) is 114 cm³/mol. The Kier molecular flexibility index (Phi) is 10.8. The predicted octanol–water partition coefficient (Wildman–Crippen LogP) is 0.491. The highest BCUT2D eigenvalue weighted by Gasteiger charge is 2.28. The smallest absolute Gasteiger partial charge is 0.326 e. The molecule has 8 N–H and O–H groups in total. The summed E-state index contributed by atoms with van der Waals surface area (Å²) in [4.78, 5) is 36.8. The van der Waals surface area contributed by atoms with Crippen LogP contribution in [0.5, 0.6) is 5.75 Å². The lowest BCUT2D eigenvalue weighted by Crippen LogP contribution is -2.55. The molecule has 0 bridgehead atoms. The van der Waals surface area contributed by atoms with E-state index >= 15 is 0 Å². The van der Waals surface area contributed by atoms with Crippen LogP contribution in [0.15, 0.2) is 24.3 Å². The van der Waals surface area contributed by atoms with Crippen LogP contribution in [-0.4, -0.2) is 52.7 Å². The Morgan fingerprint density at radius 3 is 2.13 bits per heavy atom. The van der Waals surface area contributed by atoms with E-state index in [1.54, 1.807) is 12.1 Å². The number of carbonyl (C=O) groups is 3. The van der Waals surface area contributed by atoms with E-state index < -0.39 is 35.9 Å². The molecule has 0 radical (unpaired) electrons. The van der Waals surface area contributed by atoms with Crippen molar-refractivity contribution in [2.24, 2.45) is 17.4 Å². The molecule has 30 heavy (non-hydrogen) atoms. The van der Waals surface area contributed by atoms with E-state index in [0.29, 0.717) is 31.4 Å². The van der Waals surface area contributed by atoms with Crippen molar-refractivity contribution in [1.29, 1.82) is 0 Å². The van der Waals surface area contributed by atoms with Gasteiger partial charge in [-0.3, -0.25) is 9.59 Å². The second kappa shape index (κ2) is 12.8. The minimum Gasteiger partial charge on any atom is -0.508 e. The van der Waals surface area contributed by atoms with Gasteiger partial charge in [0.2, 0.25) is 11.8 Å². The van der Waals surface area contributed by atoms with Crippen LogP contribution in [-0.2, 0) is 20.8 Å². The number of unbranched alkanes of at least 4 members (excludes halogenated alkanes) is 1. The van der Waals surface area contributed by atoms with Gasteiger partial charge in [0, 0.05) is 6.42 Å². The normalized spacial score (nSPS) is 14.0. The van der Waals surface area contributed by atoms with Crippen molar-refractivity contribution in [3.05, 3.63) is 29.8 Å². The van der Waals surface area contributed by atoms with Gasteiger partial charge >= 0.3 is 5.97 Å². The van der Waals surface area contributed by atoms with Crippen LogP contribution in [0.1, 0.15) is 45.1 Å². The first-order valence-corrected chi connectivity index (χ1v) is 10.2. The molecule has 9 heteroatoms. The summed E-state index contributed by atoms with van der Waals surface area (Å²) in [5.41, 5.74) is 12.0. The molecule has 0 spiro atoms. The fourth-order valence-corrected chi connectivity index (χ4v) is 2.96. The average molecular weight is 423 g/mol. The second-order valence-corrected chi connectivity index (χ2v) is 7.85. The molecule has 1 rings (SSSR count). The molecular formula is C21H34N4O5. The van der Waals surface area contributed by atoms with Crippen LogP contribution in [0, 0.1) is 5.92 Å². The lowest BCUT2D eigenvalue weighted by Gasteiger charge is -2.24. The number of hydrogen-bond acceptors (Lipinski definition) is 6. The molecule has 168 valence electrons. The fourth-order valence-electron chi connectivity index (χ4n) is 2.96. The molecule has 1 aromatic rings. The minimum atomic E-state index is -1.19. The summed E-state index contributed by atoms with van der Waals surface area (Å²) in [6.07, 6.45) is 2.31. The number of phenols is 1. The quantitative estimate of drug-likeness (QED) is 0.251. The number of carboxylic acids is 1. The maximum Gasteiger partial charge on any atom is 0.326 e. The van der Waals surface area contributed by atoms with Gasteiger partial charge in [-0.25, -0.2) is 4.79 Å². The van der Waals surface area contributed by atoms with Gasteiger partial charge in [0.05, 0.1) is 6.04 Å². The van der Waals surface area contributed by atoms with Crippen molar-refractivity contribution in [3.8, 4) is 5.75 Å². The van der Waals surface area contributed by atoms with Crippen LogP contribution in [0.2, 0.25) is 0 Å². The van der Waals surface area contributed by atoms with Gasteiger partial charge in [-0.05, 0) is 49.4 Å². The zero-order valence-corrected chi connectivity index (χ0v) is 17.6. The Labute approximate surface area is 177 Å². The summed E-state index contributed by atoms with van der Waals surface area (Å²) in [5, 5.41) is 24.0. The number of amides is 2. The zero-order valence-electron chi connectivity index (χ0n) is 17.6. The summed E-state index contributed by atoms with van der Waals surface area (Å²) < 4.78 is 0. The summed E-state index contributed by atoms with van der Waals surface area (Å²) >= 11 is 0. The van der Waals surface area contributed by atoms with E-state index in [1.165, 1.54) is 12.1 Å². The maximum atomic E-state index is 12.8. The molecule has 0 aliphatic heterocycles. The van der Waals surface area contributed by atoms with Gasteiger partial charge in [-0.15, -0.1) is 0 Å². The maximum absolute atomic E-state index is 12.8. The third-order valence-electron chi connectivity index (χ3n) is 4.64. The van der Waals surface area contributed by atoms with E-state index in [0.717, 1.165) is 6.42 Å². The standard InChI is InChI=1S/C21H34N4O5/c1-13(2)11-17(24-19(27)16(23)5-3-4-10-22)20(28)25-18(21(29)30)12-14-6-8-15(26)9-7-14/h6-9,13,16-18,26H,3-5,10-12,22-23H2,1-2H3,(H,24,27)(H,25,28)(H,29,30)/t16-,17-,18-/m0/s1. The summed E-state index contributed by atoms with van der Waals surface area (Å²) in [5.74, 6) is -2.05. The number of hydrogen-bond donors (Lipinski definition) is 6. The second-order valence-electron chi connectivity index (χ2n) is 7.85. The van der Waals surface area contributed by atoms with Crippen molar-refractivity contribution in [2.75, 3.05) is 6.54 Å². The van der Waals surface area contributed by atoms with Gasteiger partial charge in [-0.2, -0.15) is 0 Å². The highest BCUT2D eigenvalue weighted by Crippen LogP contribution is 2.12. The molecule has 0 saturated heterocycles. The molecule has 0 aliphatic carbocycles. The SMILES string of the molecule is CC(C)C[C@H](NC(=O)[C@@H](N)CCCCN)C(=O)N[C@@H](Cc1ccc(O)cc1)C(=O)O. The number of aliphatic carboxylic acids is 1. The van der Waals surface area contributed by atoms with E-state index in [-0.39, 0.29) is 18.1 Å². The minimum absolute atomic E-state index is 0.0439. The largest absolute Gasteiger partial charge is 0.508 e. The van der Waals surface area contributed by atoms with Crippen molar-refractivity contribution >= 4 is 17.8 Å². The topological polar surface area (TPSA) is 168 Å². The lowest BCUT2D eigenvalue weighted by molar-refractivity contribution is -0.142. The molecule has 0 fully saturated rings. The Morgan fingerprint density at radius 1 is 1.00 bits per heavy atom. The first-order chi connectivity index (χ1) is 14.1. The van der Waals surface area contributed by atoms with Gasteiger partial charge < -0.3 is 32.3 Å². The molecule has 3 atom stereocenters. The first-order valence-electron chi connectivity index (χ1n) is 10.2. The molecule has 0 heterocycles. The summed E-state index contributed by atoms with van der Waals surface area (Å²) in [6, 6.07) is 3.25. The molecule has 0 saturated carbocycles. The van der Waals surface area contributed by atoms with Gasteiger partial charge in [-0.1, -0.05) is 32.4 Å². The Hall–Kier alpha value is -2.65. The van der Waals surface area contributed by atoms with Gasteiger partial charge in [0.15, 0.2) is 0 Å². The summed E-state index contributed by atoms with van der Waals surface area (Å²) in [6.45, 7) is 4.32. The van der Waals surface area contributed by atoms with Crippen LogP contribution < -0.4 is 22.1 Å². The number of carbonyl (C=O) groups excluding carboxylic acids is 2. The molecule has 0 unspecified atom stereocenters. The van der Waals surface area contributed by atoms with Crippen molar-refractivity contribution in [3.63, 3.8) is 0 Å². The summed E-state index contributed by atoms with van der Waals surface area (Å²) in [7, 11) is 0. The number of carboxylic acid groups (broad SMARTS) is 1. The lowest BCUT2D eigenvalue weighted by atomic mass is 10.0. The number of benzene rings is 1. The van der Waals surface area contributed by atoms with E-state index in [4.69, 9.17) is 11.5 Å². The number of aromatic hydroxyl groups is 1. The van der Waals surface area contributed by atoms with Crippen molar-refractivity contribution in [1.82, 2.24) is 10.6 Å². The Bertz CT molecular complexity index is 693. The molecule has 1 aromatic carbocycles. The van der Waals surface area contributed by atoms with Crippen LogP contribution in [0.4, 0.5) is 0 Å².